The molecule has 34 heavy (non-hydrogen) atoms. The third-order valence-corrected chi connectivity index (χ3v) is 6.86. The number of thiazole rings is 1. The van der Waals surface area contributed by atoms with Crippen molar-refractivity contribution in [2.45, 2.75) is 39.2 Å². The van der Waals surface area contributed by atoms with Crippen LogP contribution in [-0.4, -0.2) is 17.6 Å². The van der Waals surface area contributed by atoms with Crippen molar-refractivity contribution in [1.29, 1.82) is 0 Å². The number of nitrogens with zero attached hydrogens (tertiary/aromatic N) is 2. The zero-order valence-corrected chi connectivity index (χ0v) is 20.8. The molecule has 5 nitrogen and oxygen atoms in total. The molecule has 0 spiro atoms. The minimum Gasteiger partial charge on any atom is -0.466 e. The Bertz CT molecular complexity index is 1450. The average Bonchev–Trinajstić information content (AvgIpc) is 3.12. The van der Waals surface area contributed by atoms with Gasteiger partial charge in [-0.15, -0.1) is 0 Å². The van der Waals surface area contributed by atoms with Crippen molar-refractivity contribution < 1.29 is 9.53 Å². The number of rotatable bonds is 4. The van der Waals surface area contributed by atoms with Gasteiger partial charge >= 0.3 is 5.97 Å². The fraction of sp³-hybridized carbons (Fsp3) is 0.250. The second kappa shape index (κ2) is 9.39. The molecule has 0 radical (unpaired) electrons. The van der Waals surface area contributed by atoms with E-state index in [1.807, 2.05) is 54.6 Å². The smallest absolute Gasteiger partial charge is 0.338 e. The number of carbonyl (C=O) groups excluding carboxylic acids is 1. The summed E-state index contributed by atoms with van der Waals surface area (Å²) in [6.07, 6.45) is 5.61. The molecule has 174 valence electrons. The maximum atomic E-state index is 13.5. The highest BCUT2D eigenvalue weighted by atomic mass is 32.1. The molecule has 6 heteroatoms. The molecule has 0 N–H and O–H groups in total. The van der Waals surface area contributed by atoms with Gasteiger partial charge in [-0.3, -0.25) is 9.36 Å². The summed E-state index contributed by atoms with van der Waals surface area (Å²) < 4.78 is 7.24. The van der Waals surface area contributed by atoms with E-state index in [9.17, 15) is 9.59 Å². The summed E-state index contributed by atoms with van der Waals surface area (Å²) in [6, 6.07) is 17.4. The van der Waals surface area contributed by atoms with Gasteiger partial charge in [-0.05, 0) is 35.1 Å². The number of methoxy groups -OCH3 is 1. The largest absolute Gasteiger partial charge is 0.466 e. The van der Waals surface area contributed by atoms with Crippen LogP contribution in [0.5, 0.6) is 0 Å². The molecule has 1 aliphatic heterocycles. The molecule has 3 aromatic rings. The first-order chi connectivity index (χ1) is 16.2. The van der Waals surface area contributed by atoms with Gasteiger partial charge in [0.1, 0.15) is 0 Å². The summed E-state index contributed by atoms with van der Waals surface area (Å²) >= 11 is 1.32. The average molecular weight is 473 g/mol. The van der Waals surface area contributed by atoms with Crippen LogP contribution >= 0.6 is 11.3 Å². The maximum Gasteiger partial charge on any atom is 0.338 e. The van der Waals surface area contributed by atoms with Crippen LogP contribution in [0.2, 0.25) is 0 Å². The molecular weight excluding hydrogens is 444 g/mol. The van der Waals surface area contributed by atoms with Gasteiger partial charge in [0.2, 0.25) is 0 Å². The van der Waals surface area contributed by atoms with E-state index in [4.69, 9.17) is 4.74 Å². The van der Waals surface area contributed by atoms with Crippen LogP contribution in [0.15, 0.2) is 81.7 Å². The Hall–Kier alpha value is -3.51. The lowest BCUT2D eigenvalue weighted by molar-refractivity contribution is -0.136. The van der Waals surface area contributed by atoms with E-state index in [-0.39, 0.29) is 11.0 Å². The van der Waals surface area contributed by atoms with Gasteiger partial charge in [0.25, 0.3) is 5.56 Å². The van der Waals surface area contributed by atoms with Crippen LogP contribution in [0, 0.1) is 0 Å². The highest BCUT2D eigenvalue weighted by Crippen LogP contribution is 2.32. The van der Waals surface area contributed by atoms with Crippen LogP contribution < -0.4 is 14.9 Å². The van der Waals surface area contributed by atoms with Gasteiger partial charge < -0.3 is 4.74 Å². The number of esters is 1. The number of ether oxygens (including phenoxy) is 1. The predicted octanol–water partition coefficient (Wildman–Crippen LogP) is 4.37. The molecule has 1 unspecified atom stereocenters. The molecule has 0 saturated heterocycles. The van der Waals surface area contributed by atoms with Gasteiger partial charge in [0.15, 0.2) is 4.80 Å². The van der Waals surface area contributed by atoms with Crippen LogP contribution in [0.3, 0.4) is 0 Å². The highest BCUT2D eigenvalue weighted by Gasteiger charge is 2.33. The number of allylic oxidation sites excluding steroid dienone is 2. The fourth-order valence-corrected chi connectivity index (χ4v) is 5.00. The molecule has 2 heterocycles. The van der Waals surface area contributed by atoms with E-state index in [0.29, 0.717) is 20.6 Å². The first-order valence-corrected chi connectivity index (χ1v) is 12.0. The number of fused-ring (bicyclic) bond motifs is 1. The maximum absolute atomic E-state index is 13.5. The Morgan fingerprint density at radius 2 is 1.76 bits per heavy atom. The number of aromatic nitrogens is 1. The first-order valence-electron chi connectivity index (χ1n) is 11.1. The topological polar surface area (TPSA) is 60.7 Å². The SMILES string of the molecule is COC(=O)C1=C(C)N=c2s/c(=C/C=C/c3ccccc3)c(=O)n2C1c1ccc(C(C)(C)C)cc1. The van der Waals surface area contributed by atoms with Crippen molar-refractivity contribution in [3.05, 3.63) is 108 Å². The second-order valence-corrected chi connectivity index (χ2v) is 10.2. The van der Waals surface area contributed by atoms with Crippen LogP contribution in [0.4, 0.5) is 0 Å². The molecule has 0 amide bonds. The molecule has 0 aliphatic carbocycles. The van der Waals surface area contributed by atoms with Crippen molar-refractivity contribution in [3.63, 3.8) is 0 Å². The molecule has 0 bridgehead atoms. The number of hydrogen-bond donors (Lipinski definition) is 0. The lowest BCUT2D eigenvalue weighted by atomic mass is 9.85. The minimum absolute atomic E-state index is 0.00500. The first kappa shape index (κ1) is 23.6. The minimum atomic E-state index is -0.599. The summed E-state index contributed by atoms with van der Waals surface area (Å²) in [5, 5.41) is 0. The lowest BCUT2D eigenvalue weighted by Gasteiger charge is -2.25. The third kappa shape index (κ3) is 4.59. The molecule has 1 atom stereocenters. The molecular formula is C28H28N2O3S. The van der Waals surface area contributed by atoms with Gasteiger partial charge in [-0.2, -0.15) is 0 Å². The number of benzene rings is 2. The van der Waals surface area contributed by atoms with Crippen molar-refractivity contribution in [2.75, 3.05) is 7.11 Å². The molecule has 2 aromatic carbocycles. The normalized spacial score (nSPS) is 16.5. The Morgan fingerprint density at radius 1 is 1.09 bits per heavy atom. The van der Waals surface area contributed by atoms with Crippen LogP contribution in [0.25, 0.3) is 12.2 Å². The van der Waals surface area contributed by atoms with Crippen molar-refractivity contribution >= 4 is 29.5 Å². The molecule has 1 aromatic heterocycles. The zero-order chi connectivity index (χ0) is 24.5. The van der Waals surface area contributed by atoms with E-state index in [0.717, 1.165) is 11.1 Å². The summed E-state index contributed by atoms with van der Waals surface area (Å²) in [5.74, 6) is -0.482. The summed E-state index contributed by atoms with van der Waals surface area (Å²) in [4.78, 5) is 31.4. The van der Waals surface area contributed by atoms with Gasteiger partial charge in [-0.25, -0.2) is 9.79 Å². The van der Waals surface area contributed by atoms with E-state index >= 15 is 0 Å². The summed E-state index contributed by atoms with van der Waals surface area (Å²) in [6.45, 7) is 8.24. The molecule has 1 aliphatic rings. The molecule has 0 saturated carbocycles. The Balaban J connectivity index is 1.85. The molecule has 0 fully saturated rings. The van der Waals surface area contributed by atoms with Gasteiger partial charge in [0, 0.05) is 0 Å². The highest BCUT2D eigenvalue weighted by molar-refractivity contribution is 7.07. The lowest BCUT2D eigenvalue weighted by Crippen LogP contribution is -2.39. The standard InChI is InChI=1S/C28H28N2O3S/c1-18-23(26(32)33-5)24(20-14-16-21(17-15-20)28(2,3)4)30-25(31)22(34-27(30)29-18)13-9-12-19-10-7-6-8-11-19/h6-17,24H,1-5H3/b12-9+,22-13+. The summed E-state index contributed by atoms with van der Waals surface area (Å²) in [5.41, 5.74) is 3.82. The van der Waals surface area contributed by atoms with Gasteiger partial charge in [0.05, 0.1) is 29.0 Å². The van der Waals surface area contributed by atoms with Crippen LogP contribution in [-0.2, 0) is 14.9 Å². The van der Waals surface area contributed by atoms with Gasteiger partial charge in [-0.1, -0.05) is 98.9 Å². The molecule has 4 rings (SSSR count). The second-order valence-electron chi connectivity index (χ2n) is 9.24. The van der Waals surface area contributed by atoms with Crippen molar-refractivity contribution in [2.24, 2.45) is 4.99 Å². The Kier molecular flexibility index (Phi) is 6.53. The number of carbonyl (C=O) groups is 1. The number of hydrogen-bond acceptors (Lipinski definition) is 5. The van der Waals surface area contributed by atoms with Crippen LogP contribution in [0.1, 0.15) is 50.4 Å². The van der Waals surface area contributed by atoms with E-state index < -0.39 is 12.0 Å². The fourth-order valence-electron chi connectivity index (χ4n) is 4.00. The quantitative estimate of drug-likeness (QED) is 0.530. The van der Waals surface area contributed by atoms with E-state index in [1.54, 1.807) is 17.6 Å². The van der Waals surface area contributed by atoms with Crippen molar-refractivity contribution in [1.82, 2.24) is 4.57 Å². The monoisotopic (exact) mass is 472 g/mol. The van der Waals surface area contributed by atoms with E-state index in [2.05, 4.69) is 37.9 Å². The third-order valence-electron chi connectivity index (χ3n) is 5.86. The zero-order valence-electron chi connectivity index (χ0n) is 20.0. The Morgan fingerprint density at radius 3 is 2.38 bits per heavy atom. The Labute approximate surface area is 203 Å². The summed E-state index contributed by atoms with van der Waals surface area (Å²) in [7, 11) is 1.35. The van der Waals surface area contributed by atoms with E-state index in [1.165, 1.54) is 24.0 Å². The van der Waals surface area contributed by atoms with Crippen molar-refractivity contribution in [3.8, 4) is 0 Å². The predicted molar refractivity (Wildman–Crippen MR) is 137 cm³/mol.